The number of benzene rings is 1. The van der Waals surface area contributed by atoms with Crippen molar-refractivity contribution in [3.63, 3.8) is 0 Å². The third-order valence-electron chi connectivity index (χ3n) is 1.66. The third kappa shape index (κ3) is 2.32. The van der Waals surface area contributed by atoms with Gasteiger partial charge in [-0.3, -0.25) is 0 Å². The number of carbonyl (C=O) groups is 1. The molecular formula is C9H9F2NO. The van der Waals surface area contributed by atoms with Crippen molar-refractivity contribution in [1.82, 2.24) is 0 Å². The highest BCUT2D eigenvalue weighted by atomic mass is 19.2. The van der Waals surface area contributed by atoms with Crippen LogP contribution in [0.15, 0.2) is 18.2 Å². The number of hydrogen-bond donors (Lipinski definition) is 1. The molecule has 0 spiro atoms. The van der Waals surface area contributed by atoms with Crippen molar-refractivity contribution in [3.8, 4) is 0 Å². The summed E-state index contributed by atoms with van der Waals surface area (Å²) in [6.45, 7) is 0. The molecule has 13 heavy (non-hydrogen) atoms. The van der Waals surface area contributed by atoms with Gasteiger partial charge in [0.05, 0.1) is 6.04 Å². The Labute approximate surface area is 74.4 Å². The molecule has 0 amide bonds. The zero-order valence-corrected chi connectivity index (χ0v) is 6.84. The third-order valence-corrected chi connectivity index (χ3v) is 1.66. The highest BCUT2D eigenvalue weighted by Crippen LogP contribution is 2.12. The molecule has 0 aliphatic rings. The molecule has 0 bridgehead atoms. The highest BCUT2D eigenvalue weighted by molar-refractivity contribution is 5.57. The van der Waals surface area contributed by atoms with E-state index in [9.17, 15) is 13.6 Å². The molecule has 0 saturated carbocycles. The number of hydrogen-bond acceptors (Lipinski definition) is 2. The van der Waals surface area contributed by atoms with E-state index in [2.05, 4.69) is 0 Å². The van der Waals surface area contributed by atoms with E-state index in [-0.39, 0.29) is 12.0 Å². The average Bonchev–Trinajstić information content (AvgIpc) is 2.13. The maximum absolute atomic E-state index is 13.0. The topological polar surface area (TPSA) is 43.1 Å². The number of carbonyl (C=O) groups excluding carboxylic acids is 1. The van der Waals surface area contributed by atoms with Gasteiger partial charge in [-0.05, 0) is 18.1 Å². The van der Waals surface area contributed by atoms with E-state index in [1.165, 1.54) is 12.1 Å². The minimum atomic E-state index is -0.931. The van der Waals surface area contributed by atoms with Gasteiger partial charge in [-0.1, -0.05) is 12.1 Å². The fourth-order valence-electron chi connectivity index (χ4n) is 1.01. The smallest absolute Gasteiger partial charge is 0.162 e. The van der Waals surface area contributed by atoms with E-state index in [1.54, 1.807) is 0 Å². The SMILES string of the molecule is NC(C=O)Cc1cccc(F)c1F. The maximum Gasteiger partial charge on any atom is 0.162 e. The van der Waals surface area contributed by atoms with Gasteiger partial charge in [0.2, 0.25) is 0 Å². The summed E-state index contributed by atoms with van der Waals surface area (Å²) in [5.41, 5.74) is 5.39. The lowest BCUT2D eigenvalue weighted by Crippen LogP contribution is -2.24. The molecule has 0 aliphatic carbocycles. The van der Waals surface area contributed by atoms with Gasteiger partial charge in [0.1, 0.15) is 6.29 Å². The van der Waals surface area contributed by atoms with Crippen LogP contribution in [0.1, 0.15) is 5.56 Å². The molecular weight excluding hydrogens is 176 g/mol. The first-order chi connectivity index (χ1) is 6.15. The summed E-state index contributed by atoms with van der Waals surface area (Å²) in [4.78, 5) is 10.2. The second kappa shape index (κ2) is 4.09. The zero-order valence-electron chi connectivity index (χ0n) is 6.84. The van der Waals surface area contributed by atoms with Crippen molar-refractivity contribution in [2.24, 2.45) is 5.73 Å². The molecule has 1 aromatic carbocycles. The number of aldehydes is 1. The summed E-state index contributed by atoms with van der Waals surface area (Å²) in [5.74, 6) is -1.85. The Hall–Kier alpha value is -1.29. The molecule has 0 heterocycles. The summed E-state index contributed by atoms with van der Waals surface area (Å²) in [5, 5.41) is 0. The second-order valence-corrected chi connectivity index (χ2v) is 2.72. The van der Waals surface area contributed by atoms with E-state index in [1.807, 2.05) is 0 Å². The molecule has 2 nitrogen and oxygen atoms in total. The highest BCUT2D eigenvalue weighted by Gasteiger charge is 2.10. The fourth-order valence-corrected chi connectivity index (χ4v) is 1.01. The van der Waals surface area contributed by atoms with Crippen molar-refractivity contribution in [2.75, 3.05) is 0 Å². The Kier molecular flexibility index (Phi) is 3.08. The minimum absolute atomic E-state index is 0.0209. The van der Waals surface area contributed by atoms with Gasteiger partial charge < -0.3 is 10.5 Å². The minimum Gasteiger partial charge on any atom is -0.321 e. The standard InChI is InChI=1S/C9H9F2NO/c10-8-3-1-2-6(9(8)11)4-7(12)5-13/h1-3,5,7H,4,12H2. The normalized spacial score (nSPS) is 12.5. The monoisotopic (exact) mass is 185 g/mol. The quantitative estimate of drug-likeness (QED) is 0.715. The molecule has 70 valence electrons. The Morgan fingerprint density at radius 1 is 1.46 bits per heavy atom. The van der Waals surface area contributed by atoms with Crippen molar-refractivity contribution in [3.05, 3.63) is 35.4 Å². The van der Waals surface area contributed by atoms with E-state index in [4.69, 9.17) is 5.73 Å². The van der Waals surface area contributed by atoms with Gasteiger partial charge in [0, 0.05) is 0 Å². The first-order valence-corrected chi connectivity index (χ1v) is 3.79. The zero-order chi connectivity index (χ0) is 9.84. The van der Waals surface area contributed by atoms with Gasteiger partial charge in [-0.2, -0.15) is 0 Å². The predicted octanol–water partition coefficient (Wildman–Crippen LogP) is 1.03. The second-order valence-electron chi connectivity index (χ2n) is 2.72. The summed E-state index contributed by atoms with van der Waals surface area (Å²) in [6.07, 6.45) is 0.525. The fraction of sp³-hybridized carbons (Fsp3) is 0.222. The van der Waals surface area contributed by atoms with Gasteiger partial charge in [0.15, 0.2) is 11.6 Å². The Balaban J connectivity index is 2.88. The largest absolute Gasteiger partial charge is 0.321 e. The molecule has 1 rings (SSSR count). The summed E-state index contributed by atoms with van der Waals surface area (Å²) in [6, 6.07) is 3.02. The molecule has 4 heteroatoms. The summed E-state index contributed by atoms with van der Waals surface area (Å²) < 4.78 is 25.6. The van der Waals surface area contributed by atoms with Gasteiger partial charge in [-0.15, -0.1) is 0 Å². The molecule has 2 N–H and O–H groups in total. The van der Waals surface area contributed by atoms with E-state index >= 15 is 0 Å². The van der Waals surface area contributed by atoms with Crippen molar-refractivity contribution in [2.45, 2.75) is 12.5 Å². The van der Waals surface area contributed by atoms with Crippen molar-refractivity contribution in [1.29, 1.82) is 0 Å². The van der Waals surface area contributed by atoms with Crippen LogP contribution in [-0.2, 0) is 11.2 Å². The maximum atomic E-state index is 13.0. The van der Waals surface area contributed by atoms with Crippen LogP contribution in [0.25, 0.3) is 0 Å². The molecule has 0 saturated heterocycles. The van der Waals surface area contributed by atoms with Crippen LogP contribution in [0.2, 0.25) is 0 Å². The van der Waals surface area contributed by atoms with Crippen LogP contribution in [0, 0.1) is 11.6 Å². The molecule has 0 aromatic heterocycles. The van der Waals surface area contributed by atoms with Crippen LogP contribution in [0.3, 0.4) is 0 Å². The predicted molar refractivity (Wildman–Crippen MR) is 44.1 cm³/mol. The summed E-state index contributed by atoms with van der Waals surface area (Å²) >= 11 is 0. The Morgan fingerprint density at radius 3 is 2.77 bits per heavy atom. The number of rotatable bonds is 3. The lowest BCUT2D eigenvalue weighted by atomic mass is 10.1. The Bertz CT molecular complexity index is 314. The number of nitrogens with two attached hydrogens (primary N) is 1. The first-order valence-electron chi connectivity index (χ1n) is 3.79. The lowest BCUT2D eigenvalue weighted by molar-refractivity contribution is -0.108. The van der Waals surface area contributed by atoms with Crippen molar-refractivity contribution >= 4 is 6.29 Å². The lowest BCUT2D eigenvalue weighted by Gasteiger charge is -2.05. The molecule has 0 radical (unpaired) electrons. The molecule has 1 atom stereocenters. The van der Waals surface area contributed by atoms with Crippen LogP contribution in [-0.4, -0.2) is 12.3 Å². The van der Waals surface area contributed by atoms with Crippen LogP contribution < -0.4 is 5.73 Å². The van der Waals surface area contributed by atoms with Crippen LogP contribution >= 0.6 is 0 Å². The van der Waals surface area contributed by atoms with E-state index < -0.39 is 17.7 Å². The molecule has 0 fully saturated rings. The average molecular weight is 185 g/mol. The molecule has 0 aliphatic heterocycles. The summed E-state index contributed by atoms with van der Waals surface area (Å²) in [7, 11) is 0. The number of halogens is 2. The van der Waals surface area contributed by atoms with Gasteiger partial charge in [-0.25, -0.2) is 8.78 Å². The van der Waals surface area contributed by atoms with Crippen molar-refractivity contribution < 1.29 is 13.6 Å². The molecule has 1 unspecified atom stereocenters. The Morgan fingerprint density at radius 2 is 2.15 bits per heavy atom. The van der Waals surface area contributed by atoms with Crippen LogP contribution in [0.5, 0.6) is 0 Å². The molecule has 1 aromatic rings. The van der Waals surface area contributed by atoms with E-state index in [0.29, 0.717) is 6.29 Å². The van der Waals surface area contributed by atoms with E-state index in [0.717, 1.165) is 6.07 Å². The van der Waals surface area contributed by atoms with Gasteiger partial charge >= 0.3 is 0 Å². The van der Waals surface area contributed by atoms with Gasteiger partial charge in [0.25, 0.3) is 0 Å². The van der Waals surface area contributed by atoms with Crippen LogP contribution in [0.4, 0.5) is 8.78 Å². The first kappa shape index (κ1) is 9.80.